The van der Waals surface area contributed by atoms with Crippen LogP contribution >= 0.6 is 0 Å². The molecule has 17 heavy (non-hydrogen) atoms. The Labute approximate surface area is 102 Å². The Morgan fingerprint density at radius 2 is 2.24 bits per heavy atom. The van der Waals surface area contributed by atoms with Crippen LogP contribution in [0.4, 0.5) is 0 Å². The second-order valence-electron chi connectivity index (χ2n) is 4.91. The Morgan fingerprint density at radius 3 is 2.94 bits per heavy atom. The highest BCUT2D eigenvalue weighted by molar-refractivity contribution is 5.38. The Bertz CT molecular complexity index is 450. The maximum absolute atomic E-state index is 9.95. The Kier molecular flexibility index (Phi) is 3.35. The van der Waals surface area contributed by atoms with Crippen molar-refractivity contribution < 1.29 is 5.11 Å². The third-order valence-electron chi connectivity index (χ3n) is 3.59. The first-order chi connectivity index (χ1) is 8.11. The van der Waals surface area contributed by atoms with Crippen molar-refractivity contribution >= 4 is 0 Å². The minimum atomic E-state index is 0.108. The van der Waals surface area contributed by atoms with E-state index in [4.69, 9.17) is 5.26 Å². The monoisotopic (exact) mass is 230 g/mol. The summed E-state index contributed by atoms with van der Waals surface area (Å²) in [4.78, 5) is 2.22. The maximum Gasteiger partial charge on any atom is 0.120 e. The van der Waals surface area contributed by atoms with Crippen LogP contribution in [0.1, 0.15) is 30.0 Å². The lowest BCUT2D eigenvalue weighted by molar-refractivity contribution is 0.160. The molecule has 0 radical (unpaired) electrons. The molecule has 0 unspecified atom stereocenters. The molecule has 1 aromatic rings. The van der Waals surface area contributed by atoms with Crippen LogP contribution in [0.25, 0.3) is 0 Å². The van der Waals surface area contributed by atoms with Crippen molar-refractivity contribution in [2.75, 3.05) is 13.6 Å². The van der Waals surface area contributed by atoms with E-state index in [1.165, 1.54) is 0 Å². The average Bonchev–Trinajstić information content (AvgIpc) is 2.33. The van der Waals surface area contributed by atoms with E-state index in [0.29, 0.717) is 5.75 Å². The fourth-order valence-corrected chi connectivity index (χ4v) is 2.51. The lowest BCUT2D eigenvalue weighted by atomic mass is 9.87. The molecule has 0 aliphatic carbocycles. The summed E-state index contributed by atoms with van der Waals surface area (Å²) in [6.45, 7) is 2.93. The molecule has 0 amide bonds. The number of likely N-dealkylation sites (tertiary alicyclic amines) is 1. The average molecular weight is 230 g/mol. The summed E-state index contributed by atoms with van der Waals surface area (Å²) in [5, 5.41) is 19.0. The van der Waals surface area contributed by atoms with E-state index in [0.717, 1.165) is 30.5 Å². The molecule has 1 aliphatic heterocycles. The van der Waals surface area contributed by atoms with Crippen molar-refractivity contribution in [2.24, 2.45) is 5.92 Å². The lowest BCUT2D eigenvalue weighted by Crippen LogP contribution is -2.33. The predicted octanol–water partition coefficient (Wildman–Crippen LogP) is 2.61. The zero-order valence-electron chi connectivity index (χ0n) is 10.3. The van der Waals surface area contributed by atoms with Gasteiger partial charge in [0, 0.05) is 17.5 Å². The highest BCUT2D eigenvalue weighted by Gasteiger charge is 2.28. The summed E-state index contributed by atoms with van der Waals surface area (Å²) >= 11 is 0. The third-order valence-corrected chi connectivity index (χ3v) is 3.59. The second-order valence-corrected chi connectivity index (χ2v) is 4.91. The zero-order valence-corrected chi connectivity index (χ0v) is 10.3. The van der Waals surface area contributed by atoms with Crippen molar-refractivity contribution in [1.29, 1.82) is 5.26 Å². The van der Waals surface area contributed by atoms with Gasteiger partial charge in [0.2, 0.25) is 0 Å². The van der Waals surface area contributed by atoms with Gasteiger partial charge in [0.15, 0.2) is 0 Å². The summed E-state index contributed by atoms with van der Waals surface area (Å²) in [6.07, 6.45) is 1.74. The fourth-order valence-electron chi connectivity index (χ4n) is 2.51. The van der Waals surface area contributed by atoms with E-state index in [9.17, 15) is 5.11 Å². The molecule has 1 fully saturated rings. The number of piperidine rings is 1. The summed E-state index contributed by atoms with van der Waals surface area (Å²) in [6, 6.07) is 8.19. The van der Waals surface area contributed by atoms with Gasteiger partial charge >= 0.3 is 0 Å². The van der Waals surface area contributed by atoms with Gasteiger partial charge in [0.1, 0.15) is 5.75 Å². The number of nitrogens with zero attached hydrogens (tertiary/aromatic N) is 2. The molecule has 0 bridgehead atoms. The molecule has 1 heterocycles. The molecule has 1 saturated heterocycles. The van der Waals surface area contributed by atoms with Gasteiger partial charge in [-0.1, -0.05) is 17.7 Å². The van der Waals surface area contributed by atoms with Crippen LogP contribution in [0, 0.1) is 24.2 Å². The maximum atomic E-state index is 9.95. The molecular formula is C14H18N2O. The first kappa shape index (κ1) is 11.9. The minimum absolute atomic E-state index is 0.108. The molecule has 90 valence electrons. The number of nitriles is 1. The molecule has 0 aromatic heterocycles. The number of rotatable bonds is 1. The molecule has 2 atom stereocenters. The van der Waals surface area contributed by atoms with Crippen LogP contribution in [-0.2, 0) is 0 Å². The van der Waals surface area contributed by atoms with Gasteiger partial charge < -0.3 is 5.11 Å². The molecular weight excluding hydrogens is 212 g/mol. The third kappa shape index (κ3) is 2.42. The molecule has 1 aromatic carbocycles. The number of hydrogen-bond donors (Lipinski definition) is 1. The van der Waals surface area contributed by atoms with Gasteiger partial charge in [-0.05, 0) is 39.4 Å². The lowest BCUT2D eigenvalue weighted by Gasteiger charge is -2.35. The predicted molar refractivity (Wildman–Crippen MR) is 66.6 cm³/mol. The molecule has 2 rings (SSSR count). The van der Waals surface area contributed by atoms with Crippen molar-refractivity contribution in [2.45, 2.75) is 25.8 Å². The van der Waals surface area contributed by atoms with Crippen LogP contribution < -0.4 is 0 Å². The van der Waals surface area contributed by atoms with Crippen molar-refractivity contribution in [3.63, 3.8) is 0 Å². The van der Waals surface area contributed by atoms with Gasteiger partial charge in [0.05, 0.1) is 6.07 Å². The van der Waals surface area contributed by atoms with Crippen molar-refractivity contribution in [3.05, 3.63) is 29.3 Å². The molecule has 3 heteroatoms. The van der Waals surface area contributed by atoms with E-state index in [2.05, 4.69) is 18.0 Å². The molecule has 0 saturated carbocycles. The van der Waals surface area contributed by atoms with E-state index in [-0.39, 0.29) is 12.0 Å². The van der Waals surface area contributed by atoms with Crippen LogP contribution in [-0.4, -0.2) is 23.6 Å². The van der Waals surface area contributed by atoms with E-state index < -0.39 is 0 Å². The van der Waals surface area contributed by atoms with Crippen LogP contribution in [0.2, 0.25) is 0 Å². The molecule has 3 nitrogen and oxygen atoms in total. The van der Waals surface area contributed by atoms with Gasteiger partial charge in [-0.15, -0.1) is 0 Å². The highest BCUT2D eigenvalue weighted by Crippen LogP contribution is 2.37. The summed E-state index contributed by atoms with van der Waals surface area (Å²) < 4.78 is 0. The van der Waals surface area contributed by atoms with Crippen LogP contribution in [0.15, 0.2) is 18.2 Å². The highest BCUT2D eigenvalue weighted by atomic mass is 16.3. The van der Waals surface area contributed by atoms with Gasteiger partial charge in [0.25, 0.3) is 0 Å². The summed E-state index contributed by atoms with van der Waals surface area (Å²) in [5.74, 6) is 0.446. The van der Waals surface area contributed by atoms with Gasteiger partial charge in [-0.2, -0.15) is 5.26 Å². The number of benzene rings is 1. The number of phenolic OH excluding ortho intramolecular Hbond substituents is 1. The second kappa shape index (κ2) is 4.77. The molecule has 0 spiro atoms. The molecule has 1 N–H and O–H groups in total. The number of phenols is 1. The Balaban J connectivity index is 2.31. The Morgan fingerprint density at radius 1 is 1.47 bits per heavy atom. The van der Waals surface area contributed by atoms with E-state index in [1.807, 2.05) is 19.1 Å². The summed E-state index contributed by atoms with van der Waals surface area (Å²) in [7, 11) is 2.06. The summed E-state index contributed by atoms with van der Waals surface area (Å²) in [5.41, 5.74) is 2.10. The van der Waals surface area contributed by atoms with Crippen LogP contribution in [0.3, 0.4) is 0 Å². The van der Waals surface area contributed by atoms with E-state index >= 15 is 0 Å². The quantitative estimate of drug-likeness (QED) is 0.806. The molecule has 1 aliphatic rings. The smallest absolute Gasteiger partial charge is 0.120 e. The standard InChI is InChI=1S/C14H18N2O/c1-10-3-4-14(17)12(7-10)13-8-11(9-15)5-6-16(13)2/h3-4,7,11,13,17H,5-6,8H2,1-2H3/t11-,13+/m1/s1. The fraction of sp³-hybridized carbons (Fsp3) is 0.500. The SMILES string of the molecule is Cc1ccc(O)c([C@@H]2C[C@H](C#N)CCN2C)c1. The van der Waals surface area contributed by atoms with Crippen molar-refractivity contribution in [1.82, 2.24) is 4.90 Å². The minimum Gasteiger partial charge on any atom is -0.508 e. The largest absolute Gasteiger partial charge is 0.508 e. The number of aryl methyl sites for hydroxylation is 1. The number of hydrogen-bond acceptors (Lipinski definition) is 3. The number of aromatic hydroxyl groups is 1. The normalized spacial score (nSPS) is 25.5. The first-order valence-electron chi connectivity index (χ1n) is 6.01. The van der Waals surface area contributed by atoms with Gasteiger partial charge in [-0.25, -0.2) is 0 Å². The van der Waals surface area contributed by atoms with E-state index in [1.54, 1.807) is 6.07 Å². The van der Waals surface area contributed by atoms with Crippen LogP contribution in [0.5, 0.6) is 5.75 Å². The van der Waals surface area contributed by atoms with Gasteiger partial charge in [-0.3, -0.25) is 4.90 Å². The van der Waals surface area contributed by atoms with Crippen molar-refractivity contribution in [3.8, 4) is 11.8 Å². The first-order valence-corrected chi connectivity index (χ1v) is 6.01. The topological polar surface area (TPSA) is 47.3 Å². The zero-order chi connectivity index (χ0) is 12.4. The Hall–Kier alpha value is -1.53.